The van der Waals surface area contributed by atoms with Crippen molar-refractivity contribution in [3.8, 4) is 5.75 Å². The lowest BCUT2D eigenvalue weighted by Crippen LogP contribution is -2.48. The van der Waals surface area contributed by atoms with Gasteiger partial charge in [0, 0.05) is 0 Å². The van der Waals surface area contributed by atoms with Gasteiger partial charge in [0.2, 0.25) is 0 Å². The van der Waals surface area contributed by atoms with Gasteiger partial charge in [0.25, 0.3) is 0 Å². The van der Waals surface area contributed by atoms with Crippen molar-refractivity contribution in [2.75, 3.05) is 13.7 Å². The first-order chi connectivity index (χ1) is 11.3. The van der Waals surface area contributed by atoms with E-state index in [2.05, 4.69) is 0 Å². The van der Waals surface area contributed by atoms with Crippen LogP contribution >= 0.6 is 23.2 Å². The second-order valence-electron chi connectivity index (χ2n) is 4.67. The molecule has 1 aromatic carbocycles. The van der Waals surface area contributed by atoms with Crippen molar-refractivity contribution in [3.05, 3.63) is 27.7 Å². The lowest BCUT2D eigenvalue weighted by Gasteiger charge is -2.25. The van der Waals surface area contributed by atoms with Crippen LogP contribution in [0.5, 0.6) is 5.75 Å². The molecule has 0 aliphatic heterocycles. The Labute approximate surface area is 147 Å². The van der Waals surface area contributed by atoms with Gasteiger partial charge in [0.1, 0.15) is 23.9 Å². The number of esters is 1. The summed E-state index contributed by atoms with van der Waals surface area (Å²) < 4.78 is 9.78. The van der Waals surface area contributed by atoms with Crippen LogP contribution in [0.1, 0.15) is 10.4 Å². The number of rotatable bonds is 8. The van der Waals surface area contributed by atoms with Crippen molar-refractivity contribution >= 4 is 35.5 Å². The number of aliphatic hydroxyl groups excluding tert-OH is 4. The van der Waals surface area contributed by atoms with E-state index < -0.39 is 37.0 Å². The first kappa shape index (κ1) is 20.6. The number of hydrogen-bond donors (Lipinski definition) is 4. The number of carbonyl (C=O) groups excluding carboxylic acids is 2. The van der Waals surface area contributed by atoms with Gasteiger partial charge in [-0.25, -0.2) is 4.79 Å². The fourth-order valence-corrected chi connectivity index (χ4v) is 2.27. The smallest absolute Gasteiger partial charge is 0.344 e. The molecule has 8 nitrogen and oxygen atoms in total. The topological polar surface area (TPSA) is 134 Å². The first-order valence-corrected chi connectivity index (χ1v) is 7.37. The maximum atomic E-state index is 12.2. The Kier molecular flexibility index (Phi) is 7.88. The summed E-state index contributed by atoms with van der Waals surface area (Å²) in [5, 5.41) is 37.4. The lowest BCUT2D eigenvalue weighted by molar-refractivity contribution is -0.138. The molecule has 0 saturated carbocycles. The van der Waals surface area contributed by atoms with Crippen molar-refractivity contribution < 1.29 is 39.5 Å². The molecule has 4 unspecified atom stereocenters. The van der Waals surface area contributed by atoms with E-state index in [0.717, 1.165) is 0 Å². The number of ether oxygens (including phenoxy) is 2. The van der Waals surface area contributed by atoms with Crippen LogP contribution in [0, 0.1) is 0 Å². The molecule has 134 valence electrons. The van der Waals surface area contributed by atoms with Gasteiger partial charge in [0.15, 0.2) is 18.1 Å². The number of benzene rings is 1. The van der Waals surface area contributed by atoms with E-state index in [1.165, 1.54) is 19.2 Å². The number of hydrogen-bond acceptors (Lipinski definition) is 8. The highest BCUT2D eigenvalue weighted by atomic mass is 35.5. The fourth-order valence-electron chi connectivity index (χ4n) is 1.81. The maximum Gasteiger partial charge on any atom is 0.344 e. The van der Waals surface area contributed by atoms with Crippen molar-refractivity contribution in [1.82, 2.24) is 0 Å². The van der Waals surface area contributed by atoms with E-state index in [1.54, 1.807) is 0 Å². The third kappa shape index (κ3) is 4.56. The van der Waals surface area contributed by atoms with Crippen LogP contribution in [0.15, 0.2) is 12.1 Å². The predicted octanol–water partition coefficient (Wildman–Crippen LogP) is -0.199. The summed E-state index contributed by atoms with van der Waals surface area (Å²) in [4.78, 5) is 23.3. The van der Waals surface area contributed by atoms with Crippen LogP contribution in [-0.4, -0.2) is 70.8 Å². The number of aliphatic hydroxyl groups is 4. The minimum atomic E-state index is -1.97. The Morgan fingerprint density at radius 3 is 2.29 bits per heavy atom. The Bertz CT molecular complexity index is 594. The molecule has 0 amide bonds. The van der Waals surface area contributed by atoms with Gasteiger partial charge in [-0.1, -0.05) is 23.2 Å². The minimum absolute atomic E-state index is 0.0564. The van der Waals surface area contributed by atoms with Crippen LogP contribution in [-0.2, 0) is 9.53 Å². The van der Waals surface area contributed by atoms with Gasteiger partial charge < -0.3 is 29.9 Å². The molecule has 0 spiro atoms. The van der Waals surface area contributed by atoms with Crippen molar-refractivity contribution in [2.45, 2.75) is 24.4 Å². The maximum absolute atomic E-state index is 12.2. The van der Waals surface area contributed by atoms with E-state index in [4.69, 9.17) is 37.8 Å². The Morgan fingerprint density at radius 1 is 1.21 bits per heavy atom. The van der Waals surface area contributed by atoms with Crippen molar-refractivity contribution in [3.63, 3.8) is 0 Å². The fraction of sp³-hybridized carbons (Fsp3) is 0.429. The van der Waals surface area contributed by atoms with Crippen LogP contribution in [0.25, 0.3) is 0 Å². The van der Waals surface area contributed by atoms with E-state index >= 15 is 0 Å². The van der Waals surface area contributed by atoms with Crippen LogP contribution in [0.3, 0.4) is 0 Å². The minimum Gasteiger partial charge on any atom is -0.494 e. The molecule has 0 radical (unpaired) electrons. The molecule has 0 fully saturated rings. The molecule has 0 bridgehead atoms. The zero-order chi connectivity index (χ0) is 18.4. The van der Waals surface area contributed by atoms with E-state index in [9.17, 15) is 24.9 Å². The van der Waals surface area contributed by atoms with Gasteiger partial charge in [0.05, 0.1) is 23.8 Å². The molecule has 0 aliphatic carbocycles. The summed E-state index contributed by atoms with van der Waals surface area (Å²) >= 11 is 11.8. The average Bonchev–Trinajstić information content (AvgIpc) is 2.58. The Morgan fingerprint density at radius 2 is 1.79 bits per heavy atom. The molecule has 0 aromatic heterocycles. The average molecular weight is 383 g/mol. The van der Waals surface area contributed by atoms with Crippen molar-refractivity contribution in [2.24, 2.45) is 0 Å². The second kappa shape index (κ2) is 9.16. The molecule has 1 aromatic rings. The summed E-state index contributed by atoms with van der Waals surface area (Å²) in [6, 6.07) is 2.69. The zero-order valence-corrected chi connectivity index (χ0v) is 13.9. The molecule has 10 heteroatoms. The lowest BCUT2D eigenvalue weighted by atomic mass is 10.0. The highest BCUT2D eigenvalue weighted by Crippen LogP contribution is 2.34. The molecular weight excluding hydrogens is 367 g/mol. The standard InChI is InChI=1S/C14H16Cl2O8/c1-23-13-7(16)3-2-6(15)10(13)14(22)24-9(5-18)12(21)11(20)8(19)4-17/h2-3,5,8-9,11-12,17,19-21H,4H2,1H3. The zero-order valence-electron chi connectivity index (χ0n) is 12.4. The van der Waals surface area contributed by atoms with Crippen LogP contribution in [0.2, 0.25) is 10.0 Å². The van der Waals surface area contributed by atoms with Gasteiger partial charge in [-0.05, 0) is 12.1 Å². The largest absolute Gasteiger partial charge is 0.494 e. The van der Waals surface area contributed by atoms with E-state index in [1.807, 2.05) is 0 Å². The van der Waals surface area contributed by atoms with Crippen molar-refractivity contribution in [1.29, 1.82) is 0 Å². The van der Waals surface area contributed by atoms with E-state index in [-0.39, 0.29) is 27.6 Å². The van der Waals surface area contributed by atoms with Gasteiger partial charge in [-0.15, -0.1) is 0 Å². The quantitative estimate of drug-likeness (QED) is 0.358. The molecule has 1 rings (SSSR count). The highest BCUT2D eigenvalue weighted by molar-refractivity contribution is 6.37. The van der Waals surface area contributed by atoms with Gasteiger partial charge in [-0.3, -0.25) is 4.79 Å². The van der Waals surface area contributed by atoms with Crippen LogP contribution in [0.4, 0.5) is 0 Å². The number of halogens is 2. The summed E-state index contributed by atoms with van der Waals surface area (Å²) in [6.45, 7) is -0.869. The Hall–Kier alpha value is -1.42. The highest BCUT2D eigenvalue weighted by Gasteiger charge is 2.34. The molecule has 4 atom stereocenters. The normalized spacial score (nSPS) is 16.0. The SMILES string of the molecule is COc1c(Cl)ccc(Cl)c1C(=O)OC(C=O)C(O)C(O)C(O)CO. The molecule has 4 N–H and O–H groups in total. The third-order valence-electron chi connectivity index (χ3n) is 3.11. The summed E-state index contributed by atoms with van der Waals surface area (Å²) in [5.41, 5.74) is -0.275. The van der Waals surface area contributed by atoms with Crippen LogP contribution < -0.4 is 4.74 Å². The van der Waals surface area contributed by atoms with Gasteiger partial charge in [-0.2, -0.15) is 0 Å². The molecule has 24 heavy (non-hydrogen) atoms. The summed E-state index contributed by atoms with van der Waals surface area (Å²) in [5.74, 6) is -1.23. The Balaban J connectivity index is 3.05. The summed E-state index contributed by atoms with van der Waals surface area (Å²) in [7, 11) is 1.24. The predicted molar refractivity (Wildman–Crippen MR) is 83.4 cm³/mol. The van der Waals surface area contributed by atoms with Gasteiger partial charge >= 0.3 is 5.97 Å². The summed E-state index contributed by atoms with van der Waals surface area (Å²) in [6.07, 6.45) is -7.40. The third-order valence-corrected chi connectivity index (χ3v) is 3.72. The molecule has 0 aliphatic rings. The first-order valence-electron chi connectivity index (χ1n) is 6.61. The molecule has 0 saturated heterocycles. The number of carbonyl (C=O) groups is 2. The monoisotopic (exact) mass is 382 g/mol. The van der Waals surface area contributed by atoms with E-state index in [0.29, 0.717) is 0 Å². The number of aldehydes is 1. The molecule has 0 heterocycles. The second-order valence-corrected chi connectivity index (χ2v) is 5.49. The molecular formula is C14H16Cl2O8. The number of methoxy groups -OCH3 is 1.